The molecule has 1 amide bonds. The first-order valence-corrected chi connectivity index (χ1v) is 12.4. The van der Waals surface area contributed by atoms with Gasteiger partial charge in [-0.3, -0.25) is 9.10 Å². The van der Waals surface area contributed by atoms with Gasteiger partial charge in [0.2, 0.25) is 0 Å². The third kappa shape index (κ3) is 5.39. The van der Waals surface area contributed by atoms with Crippen molar-refractivity contribution >= 4 is 21.6 Å². The summed E-state index contributed by atoms with van der Waals surface area (Å²) < 4.78 is 34.0. The van der Waals surface area contributed by atoms with E-state index in [2.05, 4.69) is 19.2 Å². The number of unbranched alkanes of at least 4 members (excludes halogenated alkanes) is 1. The Morgan fingerprint density at radius 1 is 1.16 bits per heavy atom. The number of sulfonamides is 1. The molecule has 1 N–H and O–H groups in total. The van der Waals surface area contributed by atoms with Crippen LogP contribution in [0.1, 0.15) is 45.1 Å². The summed E-state index contributed by atoms with van der Waals surface area (Å²) in [6, 6.07) is 13.7. The van der Waals surface area contributed by atoms with Crippen molar-refractivity contribution in [3.63, 3.8) is 0 Å². The van der Waals surface area contributed by atoms with E-state index < -0.39 is 16.1 Å². The van der Waals surface area contributed by atoms with Crippen molar-refractivity contribution in [3.8, 4) is 5.75 Å². The second-order valence-electron chi connectivity index (χ2n) is 8.09. The lowest BCUT2D eigenvalue weighted by atomic mass is 9.99. The van der Waals surface area contributed by atoms with Crippen LogP contribution >= 0.6 is 0 Å². The van der Waals surface area contributed by atoms with E-state index in [-0.39, 0.29) is 17.3 Å². The van der Waals surface area contributed by atoms with Gasteiger partial charge in [-0.1, -0.05) is 62.9 Å². The average molecular weight is 445 g/mol. The Hall–Kier alpha value is -2.54. The minimum absolute atomic E-state index is 0.0647. The first-order valence-electron chi connectivity index (χ1n) is 11.0. The van der Waals surface area contributed by atoms with Crippen LogP contribution in [0.15, 0.2) is 53.4 Å². The molecule has 6 nitrogen and oxygen atoms in total. The van der Waals surface area contributed by atoms with Gasteiger partial charge in [-0.05, 0) is 43.5 Å². The number of aryl methyl sites for hydroxylation is 1. The third-order valence-corrected chi connectivity index (χ3v) is 7.54. The van der Waals surface area contributed by atoms with E-state index in [1.165, 1.54) is 4.31 Å². The van der Waals surface area contributed by atoms with Gasteiger partial charge in [-0.25, -0.2) is 8.42 Å². The Labute approximate surface area is 185 Å². The van der Waals surface area contributed by atoms with Crippen LogP contribution < -0.4 is 14.4 Å². The SMILES string of the molecule is CCCC[C@@H](CC)CNC(=O)[C@@H]1CN(S(=O)(=O)c2ccc(C)cc2)c2ccccc2O1. The maximum absolute atomic E-state index is 13.4. The molecule has 1 aliphatic heterocycles. The molecule has 0 saturated carbocycles. The van der Waals surface area contributed by atoms with Crippen LogP contribution in [0, 0.1) is 12.8 Å². The molecule has 2 aromatic rings. The highest BCUT2D eigenvalue weighted by Crippen LogP contribution is 2.36. The van der Waals surface area contributed by atoms with Gasteiger partial charge >= 0.3 is 0 Å². The largest absolute Gasteiger partial charge is 0.476 e. The fourth-order valence-corrected chi connectivity index (χ4v) is 5.18. The molecule has 0 radical (unpaired) electrons. The number of benzene rings is 2. The number of para-hydroxylation sites is 2. The van der Waals surface area contributed by atoms with E-state index >= 15 is 0 Å². The molecule has 2 aromatic carbocycles. The first kappa shape index (κ1) is 23.1. The van der Waals surface area contributed by atoms with Gasteiger partial charge in [-0.2, -0.15) is 0 Å². The fraction of sp³-hybridized carbons (Fsp3) is 0.458. The van der Waals surface area contributed by atoms with Crippen LogP contribution in [0.25, 0.3) is 0 Å². The number of carbonyl (C=O) groups excluding carboxylic acids is 1. The fourth-order valence-electron chi connectivity index (χ4n) is 3.71. The van der Waals surface area contributed by atoms with E-state index in [0.29, 0.717) is 23.9 Å². The maximum Gasteiger partial charge on any atom is 0.264 e. The Morgan fingerprint density at radius 3 is 2.55 bits per heavy atom. The van der Waals surface area contributed by atoms with Crippen LogP contribution in [0.2, 0.25) is 0 Å². The van der Waals surface area contributed by atoms with Crippen LogP contribution in [-0.2, 0) is 14.8 Å². The second-order valence-corrected chi connectivity index (χ2v) is 9.95. The summed E-state index contributed by atoms with van der Waals surface area (Å²) >= 11 is 0. The van der Waals surface area contributed by atoms with Gasteiger partial charge in [-0.15, -0.1) is 0 Å². The zero-order valence-corrected chi connectivity index (χ0v) is 19.3. The summed E-state index contributed by atoms with van der Waals surface area (Å²) in [5, 5.41) is 2.98. The van der Waals surface area contributed by atoms with Gasteiger partial charge < -0.3 is 10.1 Å². The van der Waals surface area contributed by atoms with E-state index in [9.17, 15) is 13.2 Å². The topological polar surface area (TPSA) is 75.7 Å². The van der Waals surface area contributed by atoms with E-state index in [1.807, 2.05) is 6.92 Å². The molecule has 0 fully saturated rings. The number of nitrogens with zero attached hydrogens (tertiary/aromatic N) is 1. The molecule has 0 aromatic heterocycles. The highest BCUT2D eigenvalue weighted by atomic mass is 32.2. The molecular formula is C24H32N2O4S. The molecule has 31 heavy (non-hydrogen) atoms. The molecule has 0 spiro atoms. The third-order valence-electron chi connectivity index (χ3n) is 5.74. The van der Waals surface area contributed by atoms with Crippen LogP contribution in [0.5, 0.6) is 5.75 Å². The number of carbonyl (C=O) groups is 1. The molecule has 0 bridgehead atoms. The summed E-state index contributed by atoms with van der Waals surface area (Å²) in [4.78, 5) is 13.1. The van der Waals surface area contributed by atoms with Crippen molar-refractivity contribution in [1.29, 1.82) is 0 Å². The monoisotopic (exact) mass is 444 g/mol. The Kier molecular flexibility index (Phi) is 7.59. The predicted molar refractivity (Wildman–Crippen MR) is 123 cm³/mol. The van der Waals surface area contributed by atoms with Crippen molar-refractivity contribution in [3.05, 3.63) is 54.1 Å². The van der Waals surface area contributed by atoms with Crippen LogP contribution in [0.3, 0.4) is 0 Å². The van der Waals surface area contributed by atoms with Crippen molar-refractivity contribution in [2.24, 2.45) is 5.92 Å². The summed E-state index contributed by atoms with van der Waals surface area (Å²) in [6.45, 7) is 6.69. The molecule has 0 unspecified atom stereocenters. The average Bonchev–Trinajstić information content (AvgIpc) is 2.78. The number of ether oxygens (including phenoxy) is 1. The first-order chi connectivity index (χ1) is 14.9. The van der Waals surface area contributed by atoms with E-state index in [0.717, 1.165) is 31.2 Å². The standard InChI is InChI=1S/C24H32N2O4S/c1-4-6-9-19(5-2)16-25-24(27)23-17-26(21-10-7-8-11-22(21)30-23)31(28,29)20-14-12-18(3)13-15-20/h7-8,10-15,19,23H,4-6,9,16-17H2,1-3H3,(H,25,27)/t19-,23+/m1/s1. The van der Waals surface area contributed by atoms with Gasteiger partial charge in [0.05, 0.1) is 17.1 Å². The lowest BCUT2D eigenvalue weighted by Crippen LogP contribution is -2.51. The molecule has 0 saturated heterocycles. The zero-order chi connectivity index (χ0) is 22.4. The molecular weight excluding hydrogens is 412 g/mol. The molecule has 3 rings (SSSR count). The van der Waals surface area contributed by atoms with E-state index in [1.54, 1.807) is 48.5 Å². The molecule has 2 atom stereocenters. The quantitative estimate of drug-likeness (QED) is 0.626. The summed E-state index contributed by atoms with van der Waals surface area (Å²) in [6.07, 6.45) is 3.40. The van der Waals surface area contributed by atoms with Gasteiger partial charge in [0, 0.05) is 6.54 Å². The van der Waals surface area contributed by atoms with Crippen molar-refractivity contribution in [2.75, 3.05) is 17.4 Å². The molecule has 1 heterocycles. The number of anilines is 1. The van der Waals surface area contributed by atoms with Crippen LogP contribution in [0.4, 0.5) is 5.69 Å². The highest BCUT2D eigenvalue weighted by molar-refractivity contribution is 7.92. The van der Waals surface area contributed by atoms with Crippen LogP contribution in [-0.4, -0.2) is 33.5 Å². The van der Waals surface area contributed by atoms with Gasteiger partial charge in [0.15, 0.2) is 6.10 Å². The summed E-state index contributed by atoms with van der Waals surface area (Å²) in [5.41, 5.74) is 1.42. The minimum Gasteiger partial charge on any atom is -0.476 e. The number of hydrogen-bond donors (Lipinski definition) is 1. The Morgan fingerprint density at radius 2 is 1.87 bits per heavy atom. The number of hydrogen-bond acceptors (Lipinski definition) is 4. The second kappa shape index (κ2) is 10.2. The number of rotatable bonds is 9. The minimum atomic E-state index is -3.83. The van der Waals surface area contributed by atoms with Gasteiger partial charge in [0.1, 0.15) is 5.75 Å². The Balaban J connectivity index is 1.81. The predicted octanol–water partition coefficient (Wildman–Crippen LogP) is 4.28. The number of nitrogens with one attached hydrogen (secondary N) is 1. The lowest BCUT2D eigenvalue weighted by molar-refractivity contribution is -0.127. The van der Waals surface area contributed by atoms with Crippen molar-refractivity contribution in [2.45, 2.75) is 57.5 Å². The maximum atomic E-state index is 13.4. The number of amides is 1. The number of fused-ring (bicyclic) bond motifs is 1. The van der Waals surface area contributed by atoms with Gasteiger partial charge in [0.25, 0.3) is 15.9 Å². The molecule has 168 valence electrons. The zero-order valence-electron chi connectivity index (χ0n) is 18.5. The normalized spacial score (nSPS) is 16.9. The summed E-state index contributed by atoms with van der Waals surface area (Å²) in [5.74, 6) is 0.517. The highest BCUT2D eigenvalue weighted by Gasteiger charge is 2.37. The molecule has 0 aliphatic carbocycles. The van der Waals surface area contributed by atoms with Crippen molar-refractivity contribution < 1.29 is 17.9 Å². The summed E-state index contributed by atoms with van der Waals surface area (Å²) in [7, 11) is -3.83. The smallest absolute Gasteiger partial charge is 0.264 e. The molecule has 7 heteroatoms. The van der Waals surface area contributed by atoms with E-state index in [4.69, 9.17) is 4.74 Å². The molecule has 1 aliphatic rings. The lowest BCUT2D eigenvalue weighted by Gasteiger charge is -2.35. The Bertz CT molecular complexity index is 989. The van der Waals surface area contributed by atoms with Crippen molar-refractivity contribution in [1.82, 2.24) is 5.32 Å².